The zero-order valence-electron chi connectivity index (χ0n) is 8.72. The van der Waals surface area contributed by atoms with Crippen LogP contribution in [-0.4, -0.2) is 4.98 Å². The van der Waals surface area contributed by atoms with Gasteiger partial charge in [0.25, 0.3) is 0 Å². The van der Waals surface area contributed by atoms with E-state index in [4.69, 9.17) is 5.26 Å². The molecule has 1 aromatic rings. The standard InChI is InChI=1S/C12H14N2/c1-8-10-5-3-4-6-12(10)14-9(2)11(8)7-13/h3-6H2,1-2H3. The molecular weight excluding hydrogens is 172 g/mol. The minimum absolute atomic E-state index is 0.783. The molecule has 0 fully saturated rings. The highest BCUT2D eigenvalue weighted by Gasteiger charge is 2.17. The first kappa shape index (κ1) is 9.21. The quantitative estimate of drug-likeness (QED) is 0.624. The van der Waals surface area contributed by atoms with E-state index in [1.54, 1.807) is 0 Å². The topological polar surface area (TPSA) is 36.7 Å². The molecule has 0 atom stereocenters. The first-order chi connectivity index (χ1) is 6.74. The lowest BCUT2D eigenvalue weighted by Gasteiger charge is -2.18. The van der Waals surface area contributed by atoms with Gasteiger partial charge in [-0.3, -0.25) is 4.98 Å². The van der Waals surface area contributed by atoms with E-state index >= 15 is 0 Å². The lowest BCUT2D eigenvalue weighted by atomic mass is 9.90. The molecule has 0 amide bonds. The summed E-state index contributed by atoms with van der Waals surface area (Å²) in [5.41, 5.74) is 5.40. The molecule has 1 aliphatic rings. The number of fused-ring (bicyclic) bond motifs is 1. The largest absolute Gasteiger partial charge is 0.256 e. The van der Waals surface area contributed by atoms with E-state index in [-0.39, 0.29) is 0 Å². The van der Waals surface area contributed by atoms with Crippen LogP contribution in [0.25, 0.3) is 0 Å². The molecule has 14 heavy (non-hydrogen) atoms. The van der Waals surface area contributed by atoms with Crippen molar-refractivity contribution in [3.63, 3.8) is 0 Å². The van der Waals surface area contributed by atoms with Gasteiger partial charge in [0.1, 0.15) is 6.07 Å². The number of rotatable bonds is 0. The molecular formula is C12H14N2. The molecule has 0 radical (unpaired) electrons. The molecule has 1 aliphatic carbocycles. The lowest BCUT2D eigenvalue weighted by Crippen LogP contribution is -2.10. The van der Waals surface area contributed by atoms with E-state index < -0.39 is 0 Å². The third kappa shape index (κ3) is 1.29. The van der Waals surface area contributed by atoms with Crippen molar-refractivity contribution in [1.82, 2.24) is 4.98 Å². The molecule has 0 aliphatic heterocycles. The van der Waals surface area contributed by atoms with Crippen molar-refractivity contribution in [2.24, 2.45) is 0 Å². The van der Waals surface area contributed by atoms with Crippen LogP contribution in [-0.2, 0) is 12.8 Å². The summed E-state index contributed by atoms with van der Waals surface area (Å²) in [5.74, 6) is 0. The van der Waals surface area contributed by atoms with Gasteiger partial charge in [0.15, 0.2) is 0 Å². The van der Waals surface area contributed by atoms with E-state index in [2.05, 4.69) is 18.0 Å². The van der Waals surface area contributed by atoms with Crippen LogP contribution < -0.4 is 0 Å². The maximum Gasteiger partial charge on any atom is 0.101 e. The highest BCUT2D eigenvalue weighted by Crippen LogP contribution is 2.25. The van der Waals surface area contributed by atoms with Crippen molar-refractivity contribution < 1.29 is 0 Å². The van der Waals surface area contributed by atoms with Crippen LogP contribution >= 0.6 is 0 Å². The van der Waals surface area contributed by atoms with Crippen LogP contribution in [0.3, 0.4) is 0 Å². The predicted octanol–water partition coefficient (Wildman–Crippen LogP) is 2.45. The van der Waals surface area contributed by atoms with Crippen LogP contribution in [0.1, 0.15) is 40.9 Å². The second-order valence-corrected chi connectivity index (χ2v) is 3.94. The molecule has 1 aromatic heterocycles. The van der Waals surface area contributed by atoms with Crippen molar-refractivity contribution in [2.45, 2.75) is 39.5 Å². The summed E-state index contributed by atoms with van der Waals surface area (Å²) in [6, 6.07) is 2.25. The SMILES string of the molecule is Cc1nc2c(c(C)c1C#N)CCCC2. The fourth-order valence-electron chi connectivity index (χ4n) is 2.26. The summed E-state index contributed by atoms with van der Waals surface area (Å²) >= 11 is 0. The first-order valence-corrected chi connectivity index (χ1v) is 5.13. The fourth-order valence-corrected chi connectivity index (χ4v) is 2.26. The third-order valence-electron chi connectivity index (χ3n) is 3.04. The Kier molecular flexibility index (Phi) is 2.25. The van der Waals surface area contributed by atoms with Crippen molar-refractivity contribution in [3.05, 3.63) is 28.1 Å². The minimum Gasteiger partial charge on any atom is -0.256 e. The molecule has 1 heterocycles. The zero-order chi connectivity index (χ0) is 10.1. The maximum absolute atomic E-state index is 9.01. The molecule has 0 bridgehead atoms. The number of nitriles is 1. The number of hydrogen-bond donors (Lipinski definition) is 0. The van der Waals surface area contributed by atoms with Gasteiger partial charge in [-0.25, -0.2) is 0 Å². The Bertz CT molecular complexity index is 413. The van der Waals surface area contributed by atoms with Crippen molar-refractivity contribution >= 4 is 0 Å². The van der Waals surface area contributed by atoms with Crippen LogP contribution in [0.5, 0.6) is 0 Å². The monoisotopic (exact) mass is 186 g/mol. The summed E-state index contributed by atoms with van der Waals surface area (Å²) in [6.07, 6.45) is 4.67. The first-order valence-electron chi connectivity index (χ1n) is 5.13. The molecule has 0 spiro atoms. The lowest BCUT2D eigenvalue weighted by molar-refractivity contribution is 0.661. The second-order valence-electron chi connectivity index (χ2n) is 3.94. The summed E-state index contributed by atoms with van der Waals surface area (Å²) < 4.78 is 0. The number of aryl methyl sites for hydroxylation is 2. The second kappa shape index (κ2) is 3.42. The Hall–Kier alpha value is -1.36. The molecule has 0 saturated heterocycles. The van der Waals surface area contributed by atoms with Crippen molar-refractivity contribution in [2.75, 3.05) is 0 Å². The summed E-state index contributed by atoms with van der Waals surface area (Å²) in [7, 11) is 0. The average molecular weight is 186 g/mol. The molecule has 0 saturated carbocycles. The Morgan fingerprint density at radius 1 is 1.21 bits per heavy atom. The van der Waals surface area contributed by atoms with E-state index in [9.17, 15) is 0 Å². The molecule has 2 nitrogen and oxygen atoms in total. The normalized spacial score (nSPS) is 14.6. The van der Waals surface area contributed by atoms with E-state index in [0.29, 0.717) is 0 Å². The molecule has 0 N–H and O–H groups in total. The van der Waals surface area contributed by atoms with Gasteiger partial charge in [-0.05, 0) is 50.7 Å². The van der Waals surface area contributed by atoms with Crippen molar-refractivity contribution in [3.8, 4) is 6.07 Å². The molecule has 0 aromatic carbocycles. The minimum atomic E-state index is 0.783. The van der Waals surface area contributed by atoms with E-state index in [0.717, 1.165) is 29.7 Å². The Labute approximate surface area is 84.6 Å². The number of hydrogen-bond acceptors (Lipinski definition) is 2. The zero-order valence-corrected chi connectivity index (χ0v) is 8.72. The van der Waals surface area contributed by atoms with Gasteiger partial charge in [-0.1, -0.05) is 0 Å². The fraction of sp³-hybridized carbons (Fsp3) is 0.500. The van der Waals surface area contributed by atoms with Gasteiger partial charge in [0, 0.05) is 5.69 Å². The summed E-state index contributed by atoms with van der Waals surface area (Å²) in [4.78, 5) is 4.52. The number of aromatic nitrogens is 1. The Morgan fingerprint density at radius 2 is 1.93 bits per heavy atom. The van der Waals surface area contributed by atoms with Gasteiger partial charge < -0.3 is 0 Å². The van der Waals surface area contributed by atoms with Crippen LogP contribution in [0.2, 0.25) is 0 Å². The maximum atomic E-state index is 9.01. The third-order valence-corrected chi connectivity index (χ3v) is 3.04. The summed E-state index contributed by atoms with van der Waals surface area (Å²) in [5, 5.41) is 9.01. The van der Waals surface area contributed by atoms with E-state index in [1.165, 1.54) is 24.1 Å². The van der Waals surface area contributed by atoms with Crippen molar-refractivity contribution in [1.29, 1.82) is 5.26 Å². The highest BCUT2D eigenvalue weighted by molar-refractivity contribution is 5.47. The Balaban J connectivity index is 2.65. The average Bonchev–Trinajstić information content (AvgIpc) is 2.18. The van der Waals surface area contributed by atoms with Crippen LogP contribution in [0.4, 0.5) is 0 Å². The van der Waals surface area contributed by atoms with Gasteiger partial charge in [-0.2, -0.15) is 5.26 Å². The smallest absolute Gasteiger partial charge is 0.101 e. The van der Waals surface area contributed by atoms with E-state index in [1.807, 2.05) is 6.92 Å². The molecule has 72 valence electrons. The molecule has 2 heteroatoms. The molecule has 0 unspecified atom stereocenters. The molecule has 2 rings (SSSR count). The van der Waals surface area contributed by atoms with Crippen LogP contribution in [0, 0.1) is 25.2 Å². The van der Waals surface area contributed by atoms with Gasteiger partial charge in [0.2, 0.25) is 0 Å². The van der Waals surface area contributed by atoms with Gasteiger partial charge in [0.05, 0.1) is 11.3 Å². The van der Waals surface area contributed by atoms with Crippen LogP contribution in [0.15, 0.2) is 0 Å². The number of pyridine rings is 1. The summed E-state index contributed by atoms with van der Waals surface area (Å²) in [6.45, 7) is 3.98. The van der Waals surface area contributed by atoms with Gasteiger partial charge >= 0.3 is 0 Å². The predicted molar refractivity (Wildman–Crippen MR) is 55.1 cm³/mol. The van der Waals surface area contributed by atoms with Gasteiger partial charge in [-0.15, -0.1) is 0 Å². The Morgan fingerprint density at radius 3 is 2.64 bits per heavy atom. The highest BCUT2D eigenvalue weighted by atomic mass is 14.7. The number of nitrogens with zero attached hydrogens (tertiary/aromatic N) is 2.